The molecule has 6 heteroatoms. The van der Waals surface area contributed by atoms with Gasteiger partial charge >= 0.3 is 0 Å². The predicted octanol–water partition coefficient (Wildman–Crippen LogP) is 3.38. The van der Waals surface area contributed by atoms with Gasteiger partial charge in [0.1, 0.15) is 11.6 Å². The van der Waals surface area contributed by atoms with Crippen molar-refractivity contribution in [2.75, 3.05) is 0 Å². The molecule has 0 radical (unpaired) electrons. The molecular formula is C17H20N4O2. The van der Waals surface area contributed by atoms with Crippen LogP contribution in [0.4, 0.5) is 0 Å². The highest BCUT2D eigenvalue weighted by molar-refractivity contribution is 5.92. The molecule has 0 saturated carbocycles. The first-order valence-corrected chi connectivity index (χ1v) is 7.71. The van der Waals surface area contributed by atoms with Gasteiger partial charge in [-0.2, -0.15) is 0 Å². The van der Waals surface area contributed by atoms with Crippen molar-refractivity contribution in [3.8, 4) is 0 Å². The van der Waals surface area contributed by atoms with E-state index in [1.54, 1.807) is 13.0 Å². The van der Waals surface area contributed by atoms with Crippen LogP contribution in [0.25, 0.3) is 11.0 Å². The Morgan fingerprint density at radius 2 is 2.13 bits per heavy atom. The van der Waals surface area contributed by atoms with Gasteiger partial charge in [-0.05, 0) is 31.4 Å². The van der Waals surface area contributed by atoms with Gasteiger partial charge in [0.15, 0.2) is 5.69 Å². The monoisotopic (exact) mass is 312 g/mol. The van der Waals surface area contributed by atoms with Gasteiger partial charge in [0.25, 0.3) is 5.91 Å². The smallest absolute Gasteiger partial charge is 0.274 e. The molecule has 0 saturated heterocycles. The molecule has 1 atom stereocenters. The molecule has 2 aromatic heterocycles. The summed E-state index contributed by atoms with van der Waals surface area (Å²) in [6.45, 7) is 5.98. The maximum atomic E-state index is 12.4. The lowest BCUT2D eigenvalue weighted by Gasteiger charge is -2.18. The number of amides is 1. The first-order valence-electron chi connectivity index (χ1n) is 7.71. The average molecular weight is 312 g/mol. The van der Waals surface area contributed by atoms with Crippen LogP contribution in [0.1, 0.15) is 48.4 Å². The second kappa shape index (κ2) is 6.24. The lowest BCUT2D eigenvalue weighted by atomic mass is 10.0. The standard InChI is InChI=1S/C17H20N4O2/c1-10(2)8-14(20-17(22)15-9-11(3)23-21-15)16-18-12-6-4-5-7-13(12)19-16/h4-7,9-10,14H,8H2,1-3H3,(H,18,19)(H,20,22)/t14-/m1/s1. The van der Waals surface area contributed by atoms with Crippen LogP contribution >= 0.6 is 0 Å². The molecule has 1 aromatic carbocycles. The third-order valence-corrected chi connectivity index (χ3v) is 3.61. The lowest BCUT2D eigenvalue weighted by molar-refractivity contribution is 0.0921. The Morgan fingerprint density at radius 1 is 1.35 bits per heavy atom. The second-order valence-electron chi connectivity index (χ2n) is 6.12. The maximum absolute atomic E-state index is 12.4. The van der Waals surface area contributed by atoms with Gasteiger partial charge in [0, 0.05) is 6.07 Å². The summed E-state index contributed by atoms with van der Waals surface area (Å²) >= 11 is 0. The van der Waals surface area contributed by atoms with Crippen molar-refractivity contribution in [3.05, 3.63) is 47.6 Å². The summed E-state index contributed by atoms with van der Waals surface area (Å²) in [4.78, 5) is 20.3. The Balaban J connectivity index is 1.86. The van der Waals surface area contributed by atoms with Crippen LogP contribution in [0, 0.1) is 12.8 Å². The number of aromatic nitrogens is 3. The first kappa shape index (κ1) is 15.3. The summed E-state index contributed by atoms with van der Waals surface area (Å²) in [5, 5.41) is 6.77. The van der Waals surface area contributed by atoms with E-state index in [0.29, 0.717) is 11.7 Å². The minimum Gasteiger partial charge on any atom is -0.361 e. The summed E-state index contributed by atoms with van der Waals surface area (Å²) in [6.07, 6.45) is 0.780. The molecule has 0 fully saturated rings. The van der Waals surface area contributed by atoms with Crippen LogP contribution in [0.15, 0.2) is 34.9 Å². The number of hydrogen-bond donors (Lipinski definition) is 2. The van der Waals surface area contributed by atoms with Crippen molar-refractivity contribution < 1.29 is 9.32 Å². The van der Waals surface area contributed by atoms with Crippen molar-refractivity contribution in [1.82, 2.24) is 20.4 Å². The van der Waals surface area contributed by atoms with Gasteiger partial charge in [0.2, 0.25) is 0 Å². The zero-order chi connectivity index (χ0) is 16.4. The van der Waals surface area contributed by atoms with E-state index in [4.69, 9.17) is 4.52 Å². The van der Waals surface area contributed by atoms with E-state index in [-0.39, 0.29) is 17.6 Å². The van der Waals surface area contributed by atoms with Crippen molar-refractivity contribution in [2.24, 2.45) is 5.92 Å². The molecule has 2 heterocycles. The van der Waals surface area contributed by atoms with Crippen LogP contribution in [-0.4, -0.2) is 21.0 Å². The molecule has 6 nitrogen and oxygen atoms in total. The third kappa shape index (κ3) is 3.41. The van der Waals surface area contributed by atoms with Crippen molar-refractivity contribution >= 4 is 16.9 Å². The molecule has 0 aliphatic rings. The largest absolute Gasteiger partial charge is 0.361 e. The number of fused-ring (bicyclic) bond motifs is 1. The van der Waals surface area contributed by atoms with Crippen LogP contribution in [0.3, 0.4) is 0 Å². The van der Waals surface area contributed by atoms with E-state index >= 15 is 0 Å². The fourth-order valence-corrected chi connectivity index (χ4v) is 2.55. The van der Waals surface area contributed by atoms with E-state index in [1.807, 2.05) is 24.3 Å². The number of imidazole rings is 1. The number of carbonyl (C=O) groups is 1. The van der Waals surface area contributed by atoms with Crippen molar-refractivity contribution in [2.45, 2.75) is 33.2 Å². The lowest BCUT2D eigenvalue weighted by Crippen LogP contribution is -2.30. The Bertz CT molecular complexity index is 786. The molecule has 0 spiro atoms. The number of aromatic amines is 1. The van der Waals surface area contributed by atoms with E-state index in [2.05, 4.69) is 34.3 Å². The molecule has 23 heavy (non-hydrogen) atoms. The number of hydrogen-bond acceptors (Lipinski definition) is 4. The van der Waals surface area contributed by atoms with Gasteiger partial charge in [-0.3, -0.25) is 4.79 Å². The Hall–Kier alpha value is -2.63. The van der Waals surface area contributed by atoms with Crippen LogP contribution in [0.5, 0.6) is 0 Å². The Labute approximate surface area is 134 Å². The number of aryl methyl sites for hydroxylation is 1. The fourth-order valence-electron chi connectivity index (χ4n) is 2.55. The molecule has 0 aliphatic carbocycles. The molecule has 0 bridgehead atoms. The first-order chi connectivity index (χ1) is 11.0. The number of rotatable bonds is 5. The topological polar surface area (TPSA) is 83.8 Å². The number of carbonyl (C=O) groups excluding carboxylic acids is 1. The molecule has 120 valence electrons. The fraction of sp³-hybridized carbons (Fsp3) is 0.353. The number of para-hydroxylation sites is 2. The summed E-state index contributed by atoms with van der Waals surface area (Å²) in [7, 11) is 0. The number of benzene rings is 1. The van der Waals surface area contributed by atoms with E-state index < -0.39 is 0 Å². The third-order valence-electron chi connectivity index (χ3n) is 3.61. The van der Waals surface area contributed by atoms with Crippen molar-refractivity contribution in [3.63, 3.8) is 0 Å². The molecule has 3 aromatic rings. The summed E-state index contributed by atoms with van der Waals surface area (Å²) in [5.74, 6) is 1.52. The zero-order valence-electron chi connectivity index (χ0n) is 13.5. The zero-order valence-corrected chi connectivity index (χ0v) is 13.5. The minimum absolute atomic E-state index is 0.202. The summed E-state index contributed by atoms with van der Waals surface area (Å²) < 4.78 is 4.97. The number of H-pyrrole nitrogens is 1. The van der Waals surface area contributed by atoms with Gasteiger partial charge in [-0.15, -0.1) is 0 Å². The highest BCUT2D eigenvalue weighted by Gasteiger charge is 2.22. The SMILES string of the molecule is Cc1cc(C(=O)N[C@H](CC(C)C)c2nc3ccccc3[nH]2)no1. The normalized spacial score (nSPS) is 12.7. The summed E-state index contributed by atoms with van der Waals surface area (Å²) in [6, 6.07) is 9.25. The molecule has 0 unspecified atom stereocenters. The molecule has 2 N–H and O–H groups in total. The van der Waals surface area contributed by atoms with Crippen LogP contribution in [-0.2, 0) is 0 Å². The minimum atomic E-state index is -0.257. The van der Waals surface area contributed by atoms with E-state index in [1.165, 1.54) is 0 Å². The van der Waals surface area contributed by atoms with Crippen molar-refractivity contribution in [1.29, 1.82) is 0 Å². The van der Waals surface area contributed by atoms with E-state index in [9.17, 15) is 4.79 Å². The van der Waals surface area contributed by atoms with Gasteiger partial charge < -0.3 is 14.8 Å². The van der Waals surface area contributed by atoms with Gasteiger partial charge in [-0.25, -0.2) is 4.98 Å². The quantitative estimate of drug-likeness (QED) is 0.756. The Morgan fingerprint density at radius 3 is 2.78 bits per heavy atom. The number of nitrogens with zero attached hydrogens (tertiary/aromatic N) is 2. The maximum Gasteiger partial charge on any atom is 0.274 e. The highest BCUT2D eigenvalue weighted by Crippen LogP contribution is 2.22. The van der Waals surface area contributed by atoms with Crippen LogP contribution < -0.4 is 5.32 Å². The molecule has 1 amide bonds. The summed E-state index contributed by atoms with van der Waals surface area (Å²) in [5.41, 5.74) is 2.14. The molecular weight excluding hydrogens is 292 g/mol. The second-order valence-corrected chi connectivity index (χ2v) is 6.12. The van der Waals surface area contributed by atoms with Gasteiger partial charge in [-0.1, -0.05) is 31.1 Å². The van der Waals surface area contributed by atoms with E-state index in [0.717, 1.165) is 23.3 Å². The molecule has 3 rings (SSSR count). The van der Waals surface area contributed by atoms with Gasteiger partial charge in [0.05, 0.1) is 17.1 Å². The Kier molecular flexibility index (Phi) is 4.14. The van der Waals surface area contributed by atoms with Crippen LogP contribution in [0.2, 0.25) is 0 Å². The molecule has 0 aliphatic heterocycles. The average Bonchev–Trinajstić information content (AvgIpc) is 3.11. The number of nitrogens with one attached hydrogen (secondary N) is 2. The highest BCUT2D eigenvalue weighted by atomic mass is 16.5. The predicted molar refractivity (Wildman–Crippen MR) is 87.0 cm³/mol.